The third kappa shape index (κ3) is 2.87. The summed E-state index contributed by atoms with van der Waals surface area (Å²) in [7, 11) is 1.69. The maximum atomic E-state index is 5.85. The summed E-state index contributed by atoms with van der Waals surface area (Å²) < 4.78 is 11.0. The molecule has 0 heterocycles. The summed E-state index contributed by atoms with van der Waals surface area (Å²) in [5, 5.41) is 0. The van der Waals surface area contributed by atoms with Gasteiger partial charge in [0, 0.05) is 0 Å². The SMILES string of the molecule is COc1ccc(COCCC2=CC[C@H]3C[C@@H]2C3(C)C)cc1. The van der Waals surface area contributed by atoms with E-state index in [1.165, 1.54) is 18.4 Å². The van der Waals surface area contributed by atoms with Gasteiger partial charge in [-0.3, -0.25) is 0 Å². The van der Waals surface area contributed by atoms with Gasteiger partial charge in [-0.15, -0.1) is 0 Å². The topological polar surface area (TPSA) is 18.5 Å². The Hall–Kier alpha value is -1.28. The van der Waals surface area contributed by atoms with Gasteiger partial charge in [-0.1, -0.05) is 37.6 Å². The van der Waals surface area contributed by atoms with E-state index < -0.39 is 0 Å². The molecule has 0 amide bonds. The summed E-state index contributed by atoms with van der Waals surface area (Å²) in [5.74, 6) is 2.63. The van der Waals surface area contributed by atoms with Gasteiger partial charge < -0.3 is 9.47 Å². The van der Waals surface area contributed by atoms with Crippen molar-refractivity contribution >= 4 is 0 Å². The predicted molar refractivity (Wildman–Crippen MR) is 85.3 cm³/mol. The second-order valence-electron chi connectivity index (χ2n) is 6.97. The Kier molecular flexibility index (Phi) is 4.08. The molecule has 21 heavy (non-hydrogen) atoms. The van der Waals surface area contributed by atoms with E-state index in [0.717, 1.165) is 30.6 Å². The summed E-state index contributed by atoms with van der Waals surface area (Å²) in [6.07, 6.45) is 6.24. The number of ether oxygens (including phenoxy) is 2. The molecule has 3 aliphatic rings. The number of benzene rings is 1. The first-order valence-corrected chi connectivity index (χ1v) is 8.01. The second kappa shape index (κ2) is 5.84. The van der Waals surface area contributed by atoms with Gasteiger partial charge in [0.25, 0.3) is 0 Å². The van der Waals surface area contributed by atoms with E-state index in [0.29, 0.717) is 12.0 Å². The minimum Gasteiger partial charge on any atom is -0.497 e. The highest BCUT2D eigenvalue weighted by Gasteiger charge is 2.50. The van der Waals surface area contributed by atoms with Crippen molar-refractivity contribution < 1.29 is 9.47 Å². The zero-order chi connectivity index (χ0) is 14.9. The van der Waals surface area contributed by atoms with E-state index in [9.17, 15) is 0 Å². The molecule has 2 bridgehead atoms. The lowest BCUT2D eigenvalue weighted by Crippen LogP contribution is -2.48. The Balaban J connectivity index is 1.43. The normalized spacial score (nSPS) is 26.0. The van der Waals surface area contributed by atoms with Crippen molar-refractivity contribution in [3.8, 4) is 5.75 Å². The first-order valence-electron chi connectivity index (χ1n) is 8.01. The molecule has 1 saturated carbocycles. The van der Waals surface area contributed by atoms with E-state index in [1.54, 1.807) is 12.7 Å². The molecule has 1 aromatic rings. The zero-order valence-electron chi connectivity index (χ0n) is 13.4. The Morgan fingerprint density at radius 3 is 2.57 bits per heavy atom. The Bertz CT molecular complexity index is 513. The van der Waals surface area contributed by atoms with Gasteiger partial charge in [0.1, 0.15) is 5.75 Å². The van der Waals surface area contributed by atoms with Crippen molar-refractivity contribution in [2.24, 2.45) is 17.3 Å². The molecule has 2 nitrogen and oxygen atoms in total. The molecule has 2 heteroatoms. The van der Waals surface area contributed by atoms with Crippen LogP contribution in [0.2, 0.25) is 0 Å². The molecule has 0 N–H and O–H groups in total. The largest absolute Gasteiger partial charge is 0.497 e. The lowest BCUT2D eigenvalue weighted by molar-refractivity contribution is -0.0112. The summed E-state index contributed by atoms with van der Waals surface area (Å²) in [4.78, 5) is 0. The number of hydrogen-bond donors (Lipinski definition) is 0. The van der Waals surface area contributed by atoms with Gasteiger partial charge in [-0.25, -0.2) is 0 Å². The molecule has 0 unspecified atom stereocenters. The second-order valence-corrected chi connectivity index (χ2v) is 6.97. The molecular formula is C19H26O2. The Morgan fingerprint density at radius 2 is 1.95 bits per heavy atom. The lowest BCUT2D eigenvalue weighted by atomic mass is 9.48. The average molecular weight is 286 g/mol. The lowest BCUT2D eigenvalue weighted by Gasteiger charge is -2.56. The summed E-state index contributed by atoms with van der Waals surface area (Å²) >= 11 is 0. The van der Waals surface area contributed by atoms with Gasteiger partial charge in [-0.05, 0) is 54.2 Å². The molecule has 2 atom stereocenters. The standard InChI is InChI=1S/C19H26O2/c1-19(2)16-7-6-15(18(19)12-16)10-11-21-13-14-4-8-17(20-3)9-5-14/h4-6,8-9,16,18H,7,10-13H2,1-3H3/t16-,18-/m0/s1. The molecule has 1 fully saturated rings. The molecule has 0 saturated heterocycles. The highest BCUT2D eigenvalue weighted by Crippen LogP contribution is 2.59. The van der Waals surface area contributed by atoms with Crippen LogP contribution >= 0.6 is 0 Å². The smallest absolute Gasteiger partial charge is 0.118 e. The van der Waals surface area contributed by atoms with Crippen LogP contribution < -0.4 is 4.74 Å². The van der Waals surface area contributed by atoms with Gasteiger partial charge in [-0.2, -0.15) is 0 Å². The number of rotatable bonds is 6. The van der Waals surface area contributed by atoms with Crippen LogP contribution in [0.4, 0.5) is 0 Å². The van der Waals surface area contributed by atoms with Crippen LogP contribution in [0, 0.1) is 17.3 Å². The van der Waals surface area contributed by atoms with Crippen molar-refractivity contribution in [2.45, 2.75) is 39.7 Å². The first-order chi connectivity index (χ1) is 10.1. The van der Waals surface area contributed by atoms with Crippen LogP contribution in [-0.2, 0) is 11.3 Å². The van der Waals surface area contributed by atoms with Crippen LogP contribution in [0.5, 0.6) is 5.75 Å². The summed E-state index contributed by atoms with van der Waals surface area (Å²) in [6, 6.07) is 8.11. The van der Waals surface area contributed by atoms with Crippen molar-refractivity contribution in [1.29, 1.82) is 0 Å². The van der Waals surface area contributed by atoms with E-state index in [-0.39, 0.29) is 0 Å². The third-order valence-corrected chi connectivity index (χ3v) is 5.55. The number of hydrogen-bond acceptors (Lipinski definition) is 2. The van der Waals surface area contributed by atoms with Gasteiger partial charge in [0.05, 0.1) is 20.3 Å². The molecule has 0 aromatic heterocycles. The fourth-order valence-electron chi connectivity index (χ4n) is 3.86. The molecule has 0 aliphatic heterocycles. The van der Waals surface area contributed by atoms with E-state index >= 15 is 0 Å². The van der Waals surface area contributed by atoms with Crippen LogP contribution in [0.25, 0.3) is 0 Å². The van der Waals surface area contributed by atoms with Crippen LogP contribution in [0.3, 0.4) is 0 Å². The molecule has 0 radical (unpaired) electrons. The molecular weight excluding hydrogens is 260 g/mol. The average Bonchev–Trinajstić information content (AvgIpc) is 2.52. The van der Waals surface area contributed by atoms with E-state index in [2.05, 4.69) is 32.1 Å². The van der Waals surface area contributed by atoms with Crippen LogP contribution in [0.1, 0.15) is 38.7 Å². The maximum Gasteiger partial charge on any atom is 0.118 e. The molecule has 0 spiro atoms. The third-order valence-electron chi connectivity index (χ3n) is 5.55. The summed E-state index contributed by atoms with van der Waals surface area (Å²) in [5.41, 5.74) is 3.37. The van der Waals surface area contributed by atoms with Crippen LogP contribution in [-0.4, -0.2) is 13.7 Å². The summed E-state index contributed by atoms with van der Waals surface area (Å²) in [6.45, 7) is 6.37. The maximum absolute atomic E-state index is 5.85. The molecule has 3 aliphatic carbocycles. The van der Waals surface area contributed by atoms with Crippen molar-refractivity contribution in [1.82, 2.24) is 0 Å². The number of fused-ring (bicyclic) bond motifs is 1. The monoisotopic (exact) mass is 286 g/mol. The van der Waals surface area contributed by atoms with Crippen molar-refractivity contribution in [2.75, 3.05) is 13.7 Å². The minimum absolute atomic E-state index is 0.528. The predicted octanol–water partition coefficient (Wildman–Crippen LogP) is 4.59. The highest BCUT2D eigenvalue weighted by molar-refractivity contribution is 5.26. The van der Waals surface area contributed by atoms with Crippen LogP contribution in [0.15, 0.2) is 35.9 Å². The zero-order valence-corrected chi connectivity index (χ0v) is 13.4. The fraction of sp³-hybridized carbons (Fsp3) is 0.579. The van der Waals surface area contributed by atoms with Gasteiger partial charge in [0.15, 0.2) is 0 Å². The highest BCUT2D eigenvalue weighted by atomic mass is 16.5. The van der Waals surface area contributed by atoms with Crippen molar-refractivity contribution in [3.63, 3.8) is 0 Å². The van der Waals surface area contributed by atoms with Gasteiger partial charge >= 0.3 is 0 Å². The van der Waals surface area contributed by atoms with Crippen molar-refractivity contribution in [3.05, 3.63) is 41.5 Å². The molecule has 1 aromatic carbocycles. The number of allylic oxidation sites excluding steroid dienone is 1. The van der Waals surface area contributed by atoms with E-state index in [4.69, 9.17) is 9.47 Å². The van der Waals surface area contributed by atoms with E-state index in [1.807, 2.05) is 12.1 Å². The fourth-order valence-corrected chi connectivity index (χ4v) is 3.86. The van der Waals surface area contributed by atoms with Gasteiger partial charge in [0.2, 0.25) is 0 Å². The molecule has 4 rings (SSSR count). The Morgan fingerprint density at radius 1 is 1.19 bits per heavy atom. The Labute approximate surface area is 128 Å². The number of methoxy groups -OCH3 is 1. The molecule has 114 valence electrons. The minimum atomic E-state index is 0.528. The quantitative estimate of drug-likeness (QED) is 0.562. The first kappa shape index (κ1) is 14.6.